The quantitative estimate of drug-likeness (QED) is 0.754. The molecule has 3 nitrogen and oxygen atoms in total. The van der Waals surface area contributed by atoms with Crippen molar-refractivity contribution in [2.24, 2.45) is 0 Å². The molecule has 3 fully saturated rings. The second kappa shape index (κ2) is 7.24. The number of nitrogens with one attached hydrogen (secondary N) is 1. The minimum Gasteiger partial charge on any atom is -0.312 e. The first-order valence-corrected chi connectivity index (χ1v) is 9.02. The molecule has 0 spiro atoms. The molecule has 2 aliphatic heterocycles. The summed E-state index contributed by atoms with van der Waals surface area (Å²) in [5, 5.41) is 3.84. The van der Waals surface area contributed by atoms with Crippen molar-refractivity contribution in [3.05, 3.63) is 0 Å². The summed E-state index contributed by atoms with van der Waals surface area (Å²) in [7, 11) is 2.34. The zero-order valence-corrected chi connectivity index (χ0v) is 13.3. The van der Waals surface area contributed by atoms with Crippen LogP contribution < -0.4 is 5.32 Å². The molecule has 3 aliphatic rings. The molecule has 0 radical (unpaired) electrons. The van der Waals surface area contributed by atoms with Gasteiger partial charge in [0.15, 0.2) is 0 Å². The Labute approximate surface area is 125 Å². The van der Waals surface area contributed by atoms with Gasteiger partial charge in [-0.1, -0.05) is 19.3 Å². The second-order valence-electron chi connectivity index (χ2n) is 7.22. The zero-order chi connectivity index (χ0) is 13.8. The Morgan fingerprint density at radius 2 is 1.85 bits per heavy atom. The van der Waals surface area contributed by atoms with E-state index in [0.29, 0.717) is 0 Å². The van der Waals surface area contributed by atoms with E-state index in [1.54, 1.807) is 0 Å². The lowest BCUT2D eigenvalue weighted by molar-refractivity contribution is 0.188. The maximum Gasteiger partial charge on any atom is 0.0250 e. The normalized spacial score (nSPS) is 32.1. The molecule has 3 heteroatoms. The molecule has 2 unspecified atom stereocenters. The highest BCUT2D eigenvalue weighted by Gasteiger charge is 2.36. The minimum absolute atomic E-state index is 0.789. The van der Waals surface area contributed by atoms with Gasteiger partial charge in [0.05, 0.1) is 0 Å². The van der Waals surface area contributed by atoms with Gasteiger partial charge in [0, 0.05) is 24.7 Å². The SMILES string of the molecule is CN(CCCNC1CCN2CCCC12)C1CCCCC1. The monoisotopic (exact) mass is 279 g/mol. The van der Waals surface area contributed by atoms with E-state index >= 15 is 0 Å². The number of rotatable bonds is 6. The zero-order valence-electron chi connectivity index (χ0n) is 13.3. The van der Waals surface area contributed by atoms with Crippen LogP contribution in [0.4, 0.5) is 0 Å². The standard InChI is InChI=1S/C17H33N3/c1-19(15-7-3-2-4-8-15)12-6-11-18-16-10-14-20-13-5-9-17(16)20/h15-18H,2-14H2,1H3. The number of nitrogens with zero attached hydrogens (tertiary/aromatic N) is 2. The molecule has 0 amide bonds. The van der Waals surface area contributed by atoms with Gasteiger partial charge in [0.2, 0.25) is 0 Å². The third kappa shape index (κ3) is 3.55. The summed E-state index contributed by atoms with van der Waals surface area (Å²) in [5.41, 5.74) is 0. The largest absolute Gasteiger partial charge is 0.312 e. The van der Waals surface area contributed by atoms with Crippen LogP contribution in [-0.4, -0.2) is 61.2 Å². The van der Waals surface area contributed by atoms with Gasteiger partial charge in [0.25, 0.3) is 0 Å². The highest BCUT2D eigenvalue weighted by molar-refractivity contribution is 4.95. The molecule has 3 rings (SSSR count). The van der Waals surface area contributed by atoms with Gasteiger partial charge in [-0.25, -0.2) is 0 Å². The van der Waals surface area contributed by atoms with E-state index in [4.69, 9.17) is 0 Å². The molecular weight excluding hydrogens is 246 g/mol. The van der Waals surface area contributed by atoms with Gasteiger partial charge in [-0.15, -0.1) is 0 Å². The molecule has 0 bridgehead atoms. The van der Waals surface area contributed by atoms with Crippen LogP contribution in [0.2, 0.25) is 0 Å². The van der Waals surface area contributed by atoms with Crippen LogP contribution in [-0.2, 0) is 0 Å². The third-order valence-electron chi connectivity index (χ3n) is 5.90. The van der Waals surface area contributed by atoms with E-state index in [0.717, 1.165) is 18.1 Å². The van der Waals surface area contributed by atoms with Crippen molar-refractivity contribution in [1.82, 2.24) is 15.1 Å². The third-order valence-corrected chi connectivity index (χ3v) is 5.90. The van der Waals surface area contributed by atoms with Crippen LogP contribution in [0, 0.1) is 0 Å². The predicted octanol–water partition coefficient (Wildman–Crippen LogP) is 2.47. The molecule has 1 N–H and O–H groups in total. The van der Waals surface area contributed by atoms with Crippen molar-refractivity contribution in [3.8, 4) is 0 Å². The van der Waals surface area contributed by atoms with Crippen molar-refractivity contribution in [2.75, 3.05) is 33.2 Å². The maximum atomic E-state index is 3.84. The van der Waals surface area contributed by atoms with E-state index in [-0.39, 0.29) is 0 Å². The minimum atomic E-state index is 0.789. The lowest BCUT2D eigenvalue weighted by Crippen LogP contribution is -2.41. The Bertz CT molecular complexity index is 288. The summed E-state index contributed by atoms with van der Waals surface area (Å²) in [6.07, 6.45) is 12.8. The fourth-order valence-corrected chi connectivity index (χ4v) is 4.64. The molecule has 116 valence electrons. The Hall–Kier alpha value is -0.120. The fraction of sp³-hybridized carbons (Fsp3) is 1.00. The molecule has 1 aliphatic carbocycles. The van der Waals surface area contributed by atoms with Crippen LogP contribution in [0.3, 0.4) is 0 Å². The average molecular weight is 279 g/mol. The Balaban J connectivity index is 1.30. The van der Waals surface area contributed by atoms with Crippen LogP contribution in [0.25, 0.3) is 0 Å². The molecule has 0 aromatic carbocycles. The van der Waals surface area contributed by atoms with Gasteiger partial charge in [-0.3, -0.25) is 4.90 Å². The summed E-state index contributed by atoms with van der Waals surface area (Å²) in [6, 6.07) is 2.53. The first-order chi connectivity index (χ1) is 9.84. The van der Waals surface area contributed by atoms with Gasteiger partial charge in [-0.05, 0) is 65.2 Å². The van der Waals surface area contributed by atoms with E-state index in [1.165, 1.54) is 84.0 Å². The predicted molar refractivity (Wildman–Crippen MR) is 85.1 cm³/mol. The first kappa shape index (κ1) is 14.8. The van der Waals surface area contributed by atoms with Crippen molar-refractivity contribution < 1.29 is 0 Å². The smallest absolute Gasteiger partial charge is 0.0250 e. The first-order valence-electron chi connectivity index (χ1n) is 9.02. The van der Waals surface area contributed by atoms with Gasteiger partial charge < -0.3 is 10.2 Å². The molecule has 1 saturated carbocycles. The Morgan fingerprint density at radius 3 is 2.70 bits per heavy atom. The number of hydrogen-bond donors (Lipinski definition) is 1. The average Bonchev–Trinajstić information content (AvgIpc) is 3.08. The molecule has 20 heavy (non-hydrogen) atoms. The molecule has 2 heterocycles. The molecule has 0 aromatic rings. The van der Waals surface area contributed by atoms with E-state index in [1.807, 2.05) is 0 Å². The van der Waals surface area contributed by atoms with Gasteiger partial charge in [0.1, 0.15) is 0 Å². The number of fused-ring (bicyclic) bond motifs is 1. The highest BCUT2D eigenvalue weighted by Crippen LogP contribution is 2.27. The fourth-order valence-electron chi connectivity index (χ4n) is 4.64. The van der Waals surface area contributed by atoms with Crippen molar-refractivity contribution in [2.45, 2.75) is 75.9 Å². The van der Waals surface area contributed by atoms with Crippen molar-refractivity contribution in [1.29, 1.82) is 0 Å². The number of hydrogen-bond acceptors (Lipinski definition) is 3. The van der Waals surface area contributed by atoms with Crippen LogP contribution >= 0.6 is 0 Å². The molecule has 2 saturated heterocycles. The second-order valence-corrected chi connectivity index (χ2v) is 7.22. The van der Waals surface area contributed by atoms with E-state index < -0.39 is 0 Å². The Morgan fingerprint density at radius 1 is 1.00 bits per heavy atom. The summed E-state index contributed by atoms with van der Waals surface area (Å²) in [5.74, 6) is 0. The van der Waals surface area contributed by atoms with Gasteiger partial charge >= 0.3 is 0 Å². The van der Waals surface area contributed by atoms with Crippen molar-refractivity contribution in [3.63, 3.8) is 0 Å². The van der Waals surface area contributed by atoms with E-state index in [2.05, 4.69) is 22.2 Å². The lowest BCUT2D eigenvalue weighted by Gasteiger charge is -2.31. The lowest BCUT2D eigenvalue weighted by atomic mass is 9.94. The molecule has 0 aromatic heterocycles. The molecular formula is C17H33N3. The summed E-state index contributed by atoms with van der Waals surface area (Å²) in [6.45, 7) is 5.18. The van der Waals surface area contributed by atoms with Crippen LogP contribution in [0.1, 0.15) is 57.8 Å². The summed E-state index contributed by atoms with van der Waals surface area (Å²) in [4.78, 5) is 5.32. The summed E-state index contributed by atoms with van der Waals surface area (Å²) >= 11 is 0. The van der Waals surface area contributed by atoms with Crippen LogP contribution in [0.15, 0.2) is 0 Å². The van der Waals surface area contributed by atoms with Crippen LogP contribution in [0.5, 0.6) is 0 Å². The highest BCUT2D eigenvalue weighted by atomic mass is 15.2. The summed E-state index contributed by atoms with van der Waals surface area (Å²) < 4.78 is 0. The van der Waals surface area contributed by atoms with Crippen molar-refractivity contribution >= 4 is 0 Å². The topological polar surface area (TPSA) is 18.5 Å². The van der Waals surface area contributed by atoms with E-state index in [9.17, 15) is 0 Å². The van der Waals surface area contributed by atoms with Gasteiger partial charge in [-0.2, -0.15) is 0 Å². The molecule has 2 atom stereocenters. The maximum absolute atomic E-state index is 3.84. The Kier molecular flexibility index (Phi) is 5.36.